The van der Waals surface area contributed by atoms with Gasteiger partial charge in [-0.3, -0.25) is 24.4 Å². The second-order valence-electron chi connectivity index (χ2n) is 17.6. The molecular weight excluding hydrogens is 987 g/mol. The Balaban J connectivity index is 0.000000187. The summed E-state index contributed by atoms with van der Waals surface area (Å²) >= 11 is 3.30. The number of aliphatic hydroxyl groups excluding tert-OH is 1. The maximum absolute atomic E-state index is 12.7. The Kier molecular flexibility index (Phi) is 23.8. The van der Waals surface area contributed by atoms with E-state index < -0.39 is 17.8 Å². The third kappa shape index (κ3) is 16.2. The summed E-state index contributed by atoms with van der Waals surface area (Å²) in [5.74, 6) is -1.47. The van der Waals surface area contributed by atoms with E-state index >= 15 is 0 Å². The fourth-order valence-corrected chi connectivity index (χ4v) is 9.20. The molecule has 0 bridgehead atoms. The molecule has 17 nitrogen and oxygen atoms in total. The smallest absolute Gasteiger partial charge is 0.337 e. The van der Waals surface area contributed by atoms with Crippen LogP contribution in [0.4, 0.5) is 0 Å². The first-order valence-corrected chi connectivity index (χ1v) is 25.8. The van der Waals surface area contributed by atoms with E-state index in [1.807, 2.05) is 24.4 Å². The molecule has 0 aliphatic carbocycles. The number of likely N-dealkylation sites (tertiary alicyclic amines) is 2. The van der Waals surface area contributed by atoms with Crippen molar-refractivity contribution in [3.8, 4) is 0 Å². The number of fused-ring (bicyclic) bond motifs is 3. The van der Waals surface area contributed by atoms with Crippen LogP contribution in [0.1, 0.15) is 88.9 Å². The first-order valence-electron chi connectivity index (χ1n) is 24.7. The largest absolute Gasteiger partial charge is 0.465 e. The van der Waals surface area contributed by atoms with Crippen molar-refractivity contribution in [1.82, 2.24) is 34.3 Å². The summed E-state index contributed by atoms with van der Waals surface area (Å²) in [6.45, 7) is 10.6. The van der Waals surface area contributed by atoms with Crippen molar-refractivity contribution in [2.24, 2.45) is 0 Å². The highest BCUT2D eigenvalue weighted by Gasteiger charge is 2.15. The Hall–Kier alpha value is -6.02. The van der Waals surface area contributed by atoms with Crippen LogP contribution in [0, 0.1) is 0 Å². The molecule has 388 valence electrons. The van der Waals surface area contributed by atoms with E-state index in [0.717, 1.165) is 62.5 Å². The lowest BCUT2D eigenvalue weighted by Crippen LogP contribution is -2.34. The number of rotatable bonds is 11. The molecule has 9 rings (SSSR count). The third-order valence-corrected chi connectivity index (χ3v) is 13.2. The second-order valence-corrected chi connectivity index (χ2v) is 18.4. The van der Waals surface area contributed by atoms with Crippen molar-refractivity contribution in [2.45, 2.75) is 77.4 Å². The number of carbonyl (C=O) groups is 3. The maximum atomic E-state index is 12.7. The zero-order valence-electron chi connectivity index (χ0n) is 41.8. The van der Waals surface area contributed by atoms with Crippen LogP contribution in [-0.2, 0) is 29.1 Å². The van der Waals surface area contributed by atoms with E-state index in [0.29, 0.717) is 52.2 Å². The number of piperidine rings is 3. The van der Waals surface area contributed by atoms with Crippen molar-refractivity contribution >= 4 is 66.1 Å². The van der Waals surface area contributed by atoms with Crippen molar-refractivity contribution in [3.63, 3.8) is 0 Å². The minimum absolute atomic E-state index is 0.0507. The number of benzene rings is 3. The molecule has 0 spiro atoms. The first kappa shape index (κ1) is 56.9. The van der Waals surface area contributed by atoms with E-state index in [-0.39, 0.29) is 22.2 Å². The van der Waals surface area contributed by atoms with Crippen LogP contribution in [0.3, 0.4) is 0 Å². The van der Waals surface area contributed by atoms with Crippen LogP contribution < -0.4 is 27.5 Å². The monoisotopic (exact) mass is 1060 g/mol. The molecule has 3 aliphatic rings. The Morgan fingerprint density at radius 2 is 0.889 bits per heavy atom. The van der Waals surface area contributed by atoms with E-state index in [9.17, 15) is 28.8 Å². The van der Waals surface area contributed by atoms with Crippen molar-refractivity contribution in [3.05, 3.63) is 139 Å². The van der Waals surface area contributed by atoms with Crippen molar-refractivity contribution in [2.75, 3.05) is 79.0 Å². The van der Waals surface area contributed by atoms with Gasteiger partial charge in [0.1, 0.15) is 0 Å². The van der Waals surface area contributed by atoms with Gasteiger partial charge >= 0.3 is 11.9 Å². The number of alkyl halides is 1. The molecule has 18 heteroatoms. The number of halogens is 1. The molecule has 72 heavy (non-hydrogen) atoms. The van der Waals surface area contributed by atoms with E-state index in [1.165, 1.54) is 91.2 Å². The average molecular weight is 1060 g/mol. The second kappa shape index (κ2) is 30.1. The summed E-state index contributed by atoms with van der Waals surface area (Å²) in [5.41, 5.74) is 2.40. The summed E-state index contributed by atoms with van der Waals surface area (Å²) in [7, 11) is 3.66. The lowest BCUT2D eigenvalue weighted by atomic mass is 10.1. The Morgan fingerprint density at radius 3 is 1.22 bits per heavy atom. The van der Waals surface area contributed by atoms with Crippen molar-refractivity contribution in [1.29, 1.82) is 0 Å². The lowest BCUT2D eigenvalue weighted by Gasteiger charge is -2.26. The highest BCUT2D eigenvalue weighted by molar-refractivity contribution is 9.09. The fourth-order valence-electron chi connectivity index (χ4n) is 8.82. The SMILES string of the molecule is C1CCNCC1.CO.COC(=O)c1ccc2ccn(CCBr)c(=O)c2c1.COC(=O)c1ccc2ccn(CCN3CCCCC3)c(=O)c2c1.O=C(NO)c1ccc2ccn(CCN3CCCCC3)c(=O)c2c1. The topological polar surface area (TPSA) is 207 Å². The summed E-state index contributed by atoms with van der Waals surface area (Å²) in [6, 6.07) is 20.6. The molecule has 3 aliphatic heterocycles. The van der Waals surface area contributed by atoms with Gasteiger partial charge in [0, 0.05) is 85.5 Å². The average Bonchev–Trinajstić information content (AvgIpc) is 3.44. The number of esters is 2. The number of amides is 1. The van der Waals surface area contributed by atoms with E-state index in [2.05, 4.69) is 35.8 Å². The number of carbonyl (C=O) groups excluding carboxylic acids is 3. The molecule has 3 saturated heterocycles. The molecule has 3 fully saturated rings. The number of aromatic nitrogens is 3. The van der Waals surface area contributed by atoms with Gasteiger partial charge in [0.25, 0.3) is 22.6 Å². The van der Waals surface area contributed by atoms with Crippen LogP contribution in [-0.4, -0.2) is 131 Å². The van der Waals surface area contributed by atoms with Crippen LogP contribution in [0.5, 0.6) is 0 Å². The zero-order chi connectivity index (χ0) is 51.8. The summed E-state index contributed by atoms with van der Waals surface area (Å²) < 4.78 is 14.4. The van der Waals surface area contributed by atoms with Gasteiger partial charge in [0.2, 0.25) is 0 Å². The molecule has 6 heterocycles. The maximum Gasteiger partial charge on any atom is 0.337 e. The summed E-state index contributed by atoms with van der Waals surface area (Å²) in [4.78, 5) is 76.8. The molecule has 1 amide bonds. The Bertz CT molecular complexity index is 2740. The van der Waals surface area contributed by atoms with Crippen LogP contribution in [0.25, 0.3) is 32.3 Å². The van der Waals surface area contributed by atoms with Gasteiger partial charge in [0.15, 0.2) is 0 Å². The summed E-state index contributed by atoms with van der Waals surface area (Å²) in [5, 5.41) is 23.8. The number of ether oxygens (including phenoxy) is 2. The highest BCUT2D eigenvalue weighted by Crippen LogP contribution is 2.17. The number of hydrogen-bond donors (Lipinski definition) is 4. The van der Waals surface area contributed by atoms with Crippen LogP contribution >= 0.6 is 15.9 Å². The number of aryl methyl sites for hydroxylation is 1. The molecule has 0 radical (unpaired) electrons. The molecule has 3 aromatic carbocycles. The predicted molar refractivity (Wildman–Crippen MR) is 286 cm³/mol. The number of methoxy groups -OCH3 is 2. The number of nitrogens with zero attached hydrogens (tertiary/aromatic N) is 5. The molecular formula is C54H70BrN7O10. The van der Waals surface area contributed by atoms with Gasteiger partial charge in [-0.1, -0.05) is 53.4 Å². The van der Waals surface area contributed by atoms with Gasteiger partial charge in [0.05, 0.1) is 25.3 Å². The molecule has 4 N–H and O–H groups in total. The van der Waals surface area contributed by atoms with E-state index in [1.54, 1.807) is 80.1 Å². The number of nitrogens with one attached hydrogen (secondary N) is 2. The zero-order valence-corrected chi connectivity index (χ0v) is 43.4. The van der Waals surface area contributed by atoms with Gasteiger partial charge < -0.3 is 43.4 Å². The quantitative estimate of drug-likeness (QED) is 0.0478. The standard InChI is InChI=1S/C18H22N2O3.C17H21N3O3.C13H12BrNO3.C5H11N.CH4O/c1-23-18(22)15-6-5-14-7-10-20(17(21)16(14)13-15)12-11-19-8-3-2-4-9-19;21-16(18-23)14-5-4-13-6-9-20(17(22)15(13)12-14)11-10-19-7-2-1-3-8-19;1-18-13(17)10-3-2-9-4-6-15(7-5-14)12(16)11(9)8-10;1-2-4-6-5-3-1;1-2/h5-7,10,13H,2-4,8-9,11-12H2,1H3;4-6,9,12,23H,1-3,7-8,10-11H2,(H,18,21);2-4,6,8H,5,7H2,1H3;6H,1-5H2;2H,1H3. The van der Waals surface area contributed by atoms with Crippen LogP contribution in [0.2, 0.25) is 0 Å². The molecule has 0 saturated carbocycles. The number of hydrogen-bond acceptors (Lipinski definition) is 13. The molecule has 3 aromatic heterocycles. The van der Waals surface area contributed by atoms with Crippen molar-refractivity contribution < 1.29 is 34.2 Å². The summed E-state index contributed by atoms with van der Waals surface area (Å²) in [6.07, 6.45) is 17.2. The van der Waals surface area contributed by atoms with Gasteiger partial charge in [-0.05, 0) is 149 Å². The Labute approximate surface area is 428 Å². The predicted octanol–water partition coefficient (Wildman–Crippen LogP) is 6.43. The lowest BCUT2D eigenvalue weighted by molar-refractivity contribution is 0.0592. The third-order valence-electron chi connectivity index (χ3n) is 12.9. The number of pyridine rings is 3. The Morgan fingerprint density at radius 1 is 0.528 bits per heavy atom. The molecule has 6 aromatic rings. The van der Waals surface area contributed by atoms with E-state index in [4.69, 9.17) is 15.1 Å². The number of aliphatic hydroxyl groups is 1. The highest BCUT2D eigenvalue weighted by atomic mass is 79.9. The first-order chi connectivity index (χ1) is 35.0. The minimum Gasteiger partial charge on any atom is -0.465 e. The normalized spacial score (nSPS) is 14.8. The number of hydroxylamine groups is 1. The molecule has 0 unspecified atom stereocenters. The minimum atomic E-state index is -0.616. The van der Waals surface area contributed by atoms with Gasteiger partial charge in [-0.2, -0.15) is 0 Å². The van der Waals surface area contributed by atoms with Crippen LogP contribution in [0.15, 0.2) is 106 Å². The van der Waals surface area contributed by atoms with Gasteiger partial charge in [-0.25, -0.2) is 15.1 Å². The van der Waals surface area contributed by atoms with Gasteiger partial charge in [-0.15, -0.1) is 0 Å². The molecule has 0 atom stereocenters. The fraction of sp³-hybridized carbons (Fsp3) is 0.444.